The number of hydrogen-bond donors (Lipinski definition) is 1. The predicted molar refractivity (Wildman–Crippen MR) is 48.4 cm³/mol. The van der Waals surface area contributed by atoms with E-state index in [4.69, 9.17) is 5.11 Å². The zero-order valence-corrected chi connectivity index (χ0v) is 8.36. The fourth-order valence-corrected chi connectivity index (χ4v) is 1.87. The summed E-state index contributed by atoms with van der Waals surface area (Å²) in [5.41, 5.74) is 0. The molecule has 2 heterocycles. The van der Waals surface area contributed by atoms with Crippen molar-refractivity contribution in [2.24, 2.45) is 0 Å². The van der Waals surface area contributed by atoms with Gasteiger partial charge < -0.3 is 9.67 Å². The van der Waals surface area contributed by atoms with Gasteiger partial charge in [-0.15, -0.1) is 0 Å². The Kier molecular flexibility index (Phi) is 1.99. The van der Waals surface area contributed by atoms with E-state index in [-0.39, 0.29) is 0 Å². The van der Waals surface area contributed by atoms with Crippen LogP contribution in [0, 0.1) is 0 Å². The second kappa shape index (κ2) is 3.02. The molecule has 0 fully saturated rings. The molecule has 0 aromatic carbocycles. The summed E-state index contributed by atoms with van der Waals surface area (Å²) in [6, 6.07) is 0. The standard InChI is InChI=1S/C7H8BrN3O2/c8-5-3-9-6-4-10(7(12)13)1-2-11(5)6/h3H,1-2,4H2,(H,12,13). The molecule has 2 rings (SSSR count). The molecule has 70 valence electrons. The molecule has 5 nitrogen and oxygen atoms in total. The van der Waals surface area contributed by atoms with Gasteiger partial charge in [-0.25, -0.2) is 9.78 Å². The van der Waals surface area contributed by atoms with Gasteiger partial charge in [0.05, 0.1) is 12.7 Å². The number of carbonyl (C=O) groups is 1. The fraction of sp³-hybridized carbons (Fsp3) is 0.429. The first-order chi connectivity index (χ1) is 6.18. The summed E-state index contributed by atoms with van der Waals surface area (Å²) in [6.07, 6.45) is 0.811. The van der Waals surface area contributed by atoms with Crippen LogP contribution in [0.5, 0.6) is 0 Å². The van der Waals surface area contributed by atoms with Crippen molar-refractivity contribution in [2.75, 3.05) is 6.54 Å². The highest BCUT2D eigenvalue weighted by Gasteiger charge is 2.21. The van der Waals surface area contributed by atoms with E-state index in [1.807, 2.05) is 4.57 Å². The van der Waals surface area contributed by atoms with Crippen LogP contribution in [0.4, 0.5) is 4.79 Å². The quantitative estimate of drug-likeness (QED) is 0.746. The highest BCUT2D eigenvalue weighted by Crippen LogP contribution is 2.17. The molecule has 6 heteroatoms. The molecule has 0 aliphatic carbocycles. The Labute approximate surface area is 83.1 Å². The average molecular weight is 246 g/mol. The molecule has 1 aliphatic heterocycles. The van der Waals surface area contributed by atoms with Gasteiger partial charge >= 0.3 is 6.09 Å². The molecule has 0 radical (unpaired) electrons. The van der Waals surface area contributed by atoms with E-state index in [1.54, 1.807) is 6.20 Å². The van der Waals surface area contributed by atoms with E-state index < -0.39 is 6.09 Å². The van der Waals surface area contributed by atoms with Gasteiger partial charge in [0.25, 0.3) is 0 Å². The maximum absolute atomic E-state index is 10.6. The Morgan fingerprint density at radius 3 is 3.08 bits per heavy atom. The molecular formula is C7H8BrN3O2. The Morgan fingerprint density at radius 2 is 2.38 bits per heavy atom. The van der Waals surface area contributed by atoms with E-state index in [9.17, 15) is 4.79 Å². The van der Waals surface area contributed by atoms with Crippen molar-refractivity contribution in [2.45, 2.75) is 13.1 Å². The number of nitrogens with zero attached hydrogens (tertiary/aromatic N) is 3. The Bertz CT molecular complexity index is 350. The molecule has 13 heavy (non-hydrogen) atoms. The highest BCUT2D eigenvalue weighted by molar-refractivity contribution is 9.10. The zero-order chi connectivity index (χ0) is 9.42. The van der Waals surface area contributed by atoms with Crippen LogP contribution in [-0.2, 0) is 13.1 Å². The summed E-state index contributed by atoms with van der Waals surface area (Å²) in [4.78, 5) is 16.1. The average Bonchev–Trinajstić information content (AvgIpc) is 2.47. The Hall–Kier alpha value is -1.04. The maximum Gasteiger partial charge on any atom is 0.407 e. The van der Waals surface area contributed by atoms with Gasteiger partial charge in [-0.05, 0) is 15.9 Å². The van der Waals surface area contributed by atoms with Crippen LogP contribution >= 0.6 is 15.9 Å². The summed E-state index contributed by atoms with van der Waals surface area (Å²) in [7, 11) is 0. The van der Waals surface area contributed by atoms with Crippen molar-refractivity contribution < 1.29 is 9.90 Å². The van der Waals surface area contributed by atoms with Gasteiger partial charge in [0.1, 0.15) is 10.4 Å². The lowest BCUT2D eigenvalue weighted by Crippen LogP contribution is -2.37. The summed E-state index contributed by atoms with van der Waals surface area (Å²) in [5, 5.41) is 8.75. The van der Waals surface area contributed by atoms with Gasteiger partial charge in [-0.3, -0.25) is 4.90 Å². The normalized spacial score (nSPS) is 15.6. The van der Waals surface area contributed by atoms with Gasteiger partial charge in [0, 0.05) is 13.1 Å². The number of amides is 1. The third kappa shape index (κ3) is 1.41. The lowest BCUT2D eigenvalue weighted by Gasteiger charge is -2.25. The largest absolute Gasteiger partial charge is 0.465 e. The minimum Gasteiger partial charge on any atom is -0.465 e. The van der Waals surface area contributed by atoms with Crippen molar-refractivity contribution in [3.8, 4) is 0 Å². The fourth-order valence-electron chi connectivity index (χ4n) is 1.39. The third-order valence-electron chi connectivity index (χ3n) is 2.09. The van der Waals surface area contributed by atoms with Crippen molar-refractivity contribution in [3.05, 3.63) is 16.6 Å². The van der Waals surface area contributed by atoms with Crippen LogP contribution in [0.15, 0.2) is 10.8 Å². The SMILES string of the molecule is O=C(O)N1CCn2c(Br)cnc2C1. The summed E-state index contributed by atoms with van der Waals surface area (Å²) in [5.74, 6) is 0.792. The molecule has 1 aromatic rings. The van der Waals surface area contributed by atoms with Crippen LogP contribution in [0.2, 0.25) is 0 Å². The zero-order valence-electron chi connectivity index (χ0n) is 6.77. The van der Waals surface area contributed by atoms with Gasteiger partial charge in [0.15, 0.2) is 0 Å². The number of fused-ring (bicyclic) bond motifs is 1. The molecule has 1 aromatic heterocycles. The van der Waals surface area contributed by atoms with Crippen LogP contribution in [0.1, 0.15) is 5.82 Å². The van der Waals surface area contributed by atoms with E-state index in [2.05, 4.69) is 20.9 Å². The van der Waals surface area contributed by atoms with E-state index in [0.29, 0.717) is 19.6 Å². The Morgan fingerprint density at radius 1 is 1.62 bits per heavy atom. The van der Waals surface area contributed by atoms with Crippen LogP contribution < -0.4 is 0 Å². The number of halogens is 1. The number of aromatic nitrogens is 2. The van der Waals surface area contributed by atoms with E-state index >= 15 is 0 Å². The Balaban J connectivity index is 2.25. The topological polar surface area (TPSA) is 58.4 Å². The molecule has 0 atom stereocenters. The number of hydrogen-bond acceptors (Lipinski definition) is 2. The molecule has 1 amide bonds. The summed E-state index contributed by atoms with van der Waals surface area (Å²) < 4.78 is 2.88. The van der Waals surface area contributed by atoms with Gasteiger partial charge in [-0.2, -0.15) is 0 Å². The number of carboxylic acid groups (broad SMARTS) is 1. The highest BCUT2D eigenvalue weighted by atomic mass is 79.9. The first kappa shape index (κ1) is 8.55. The lowest BCUT2D eigenvalue weighted by atomic mass is 10.4. The molecule has 1 N–H and O–H groups in total. The smallest absolute Gasteiger partial charge is 0.407 e. The minimum absolute atomic E-state index is 0.376. The maximum atomic E-state index is 10.6. The molecular weight excluding hydrogens is 238 g/mol. The van der Waals surface area contributed by atoms with Crippen LogP contribution in [-0.4, -0.2) is 32.2 Å². The third-order valence-corrected chi connectivity index (χ3v) is 2.72. The number of rotatable bonds is 0. The number of imidazole rings is 1. The summed E-state index contributed by atoms with van der Waals surface area (Å²) in [6.45, 7) is 1.57. The van der Waals surface area contributed by atoms with Crippen LogP contribution in [0.25, 0.3) is 0 Å². The van der Waals surface area contributed by atoms with Crippen molar-refractivity contribution in [1.29, 1.82) is 0 Å². The molecule has 1 aliphatic rings. The second-order valence-corrected chi connectivity index (χ2v) is 3.67. The molecule has 0 bridgehead atoms. The van der Waals surface area contributed by atoms with Gasteiger partial charge in [-0.1, -0.05) is 0 Å². The molecule has 0 unspecified atom stereocenters. The molecule has 0 saturated heterocycles. The minimum atomic E-state index is -0.884. The lowest BCUT2D eigenvalue weighted by molar-refractivity contribution is 0.131. The van der Waals surface area contributed by atoms with E-state index in [0.717, 1.165) is 10.4 Å². The van der Waals surface area contributed by atoms with Crippen molar-refractivity contribution >= 4 is 22.0 Å². The molecule has 0 spiro atoms. The van der Waals surface area contributed by atoms with Crippen molar-refractivity contribution in [1.82, 2.24) is 14.5 Å². The molecule has 0 saturated carbocycles. The first-order valence-corrected chi connectivity index (χ1v) is 4.65. The van der Waals surface area contributed by atoms with Crippen molar-refractivity contribution in [3.63, 3.8) is 0 Å². The van der Waals surface area contributed by atoms with Crippen LogP contribution in [0.3, 0.4) is 0 Å². The first-order valence-electron chi connectivity index (χ1n) is 3.86. The van der Waals surface area contributed by atoms with E-state index in [1.165, 1.54) is 4.90 Å². The monoisotopic (exact) mass is 245 g/mol. The van der Waals surface area contributed by atoms with Gasteiger partial charge in [0.2, 0.25) is 0 Å². The summed E-state index contributed by atoms with van der Waals surface area (Å²) >= 11 is 3.34. The predicted octanol–water partition coefficient (Wildman–Crippen LogP) is 1.14. The second-order valence-electron chi connectivity index (χ2n) is 2.85.